The van der Waals surface area contributed by atoms with Crippen molar-refractivity contribution < 1.29 is 14.3 Å². The number of likely N-dealkylation sites (tertiary alicyclic amines) is 2. The summed E-state index contributed by atoms with van der Waals surface area (Å²) < 4.78 is 10.9. The van der Waals surface area contributed by atoms with Gasteiger partial charge >= 0.3 is 0 Å². The van der Waals surface area contributed by atoms with E-state index in [2.05, 4.69) is 11.0 Å². The summed E-state index contributed by atoms with van der Waals surface area (Å²) in [6.07, 6.45) is 4.76. The van der Waals surface area contributed by atoms with Gasteiger partial charge in [-0.25, -0.2) is 0 Å². The molecule has 1 atom stereocenters. The minimum absolute atomic E-state index is 0.00498. The number of piperidine rings is 1. The van der Waals surface area contributed by atoms with Crippen LogP contribution in [0.2, 0.25) is 0 Å². The molecule has 2 heterocycles. The Balaban J connectivity index is 1.56. The van der Waals surface area contributed by atoms with Gasteiger partial charge in [0.15, 0.2) is 18.1 Å². The molecule has 134 valence electrons. The summed E-state index contributed by atoms with van der Waals surface area (Å²) in [4.78, 5) is 17.0. The van der Waals surface area contributed by atoms with Gasteiger partial charge in [0.2, 0.25) is 0 Å². The van der Waals surface area contributed by atoms with Crippen molar-refractivity contribution in [3.63, 3.8) is 0 Å². The summed E-state index contributed by atoms with van der Waals surface area (Å²) in [6, 6.07) is 7.50. The molecular weight excluding hydrogens is 318 g/mol. The van der Waals surface area contributed by atoms with Gasteiger partial charge in [-0.05, 0) is 50.9 Å². The maximum atomic E-state index is 12.5. The lowest BCUT2D eigenvalue weighted by Crippen LogP contribution is -2.50. The van der Waals surface area contributed by atoms with Crippen molar-refractivity contribution in [2.45, 2.75) is 31.7 Å². The van der Waals surface area contributed by atoms with Crippen LogP contribution < -0.4 is 9.47 Å². The van der Waals surface area contributed by atoms with E-state index in [0.29, 0.717) is 23.1 Å². The smallest absolute Gasteiger partial charge is 0.260 e. The zero-order valence-corrected chi connectivity index (χ0v) is 14.7. The highest BCUT2D eigenvalue weighted by atomic mass is 16.5. The molecule has 0 spiro atoms. The molecule has 0 unspecified atom stereocenters. The highest BCUT2D eigenvalue weighted by Crippen LogP contribution is 2.28. The average molecular weight is 343 g/mol. The van der Waals surface area contributed by atoms with E-state index in [0.717, 1.165) is 32.6 Å². The van der Waals surface area contributed by atoms with E-state index in [9.17, 15) is 4.79 Å². The highest BCUT2D eigenvalue weighted by molar-refractivity contribution is 5.78. The predicted molar refractivity (Wildman–Crippen MR) is 93.6 cm³/mol. The van der Waals surface area contributed by atoms with Gasteiger partial charge in [0.05, 0.1) is 18.7 Å². The van der Waals surface area contributed by atoms with Crippen LogP contribution in [-0.2, 0) is 4.79 Å². The number of carbonyl (C=O) groups is 1. The summed E-state index contributed by atoms with van der Waals surface area (Å²) in [5, 5.41) is 8.94. The van der Waals surface area contributed by atoms with Crippen molar-refractivity contribution in [1.29, 1.82) is 5.26 Å². The van der Waals surface area contributed by atoms with E-state index < -0.39 is 0 Å². The van der Waals surface area contributed by atoms with E-state index in [4.69, 9.17) is 14.7 Å². The Labute approximate surface area is 148 Å². The van der Waals surface area contributed by atoms with E-state index in [-0.39, 0.29) is 12.5 Å². The van der Waals surface area contributed by atoms with E-state index in [1.807, 2.05) is 4.90 Å². The third-order valence-electron chi connectivity index (χ3n) is 5.05. The van der Waals surface area contributed by atoms with Gasteiger partial charge in [0.1, 0.15) is 0 Å². The Kier molecular flexibility index (Phi) is 5.77. The second-order valence-corrected chi connectivity index (χ2v) is 6.64. The van der Waals surface area contributed by atoms with E-state index >= 15 is 0 Å². The fraction of sp³-hybridized carbons (Fsp3) is 0.579. The van der Waals surface area contributed by atoms with Crippen LogP contribution in [0.4, 0.5) is 0 Å². The number of nitrogens with zero attached hydrogens (tertiary/aromatic N) is 3. The number of hydrogen-bond donors (Lipinski definition) is 0. The maximum Gasteiger partial charge on any atom is 0.260 e. The SMILES string of the molecule is COc1cc(C#N)ccc1OCC(=O)N1CCC[C@H](N2CCCC2)C1. The molecule has 1 amide bonds. The molecule has 2 aliphatic heterocycles. The molecular formula is C19H25N3O3. The molecule has 0 radical (unpaired) electrons. The number of methoxy groups -OCH3 is 1. The minimum atomic E-state index is -0.00498. The number of nitriles is 1. The first-order chi connectivity index (χ1) is 12.2. The monoisotopic (exact) mass is 343 g/mol. The quantitative estimate of drug-likeness (QED) is 0.818. The van der Waals surface area contributed by atoms with Crippen LogP contribution in [-0.4, -0.2) is 61.6 Å². The lowest BCUT2D eigenvalue weighted by Gasteiger charge is -2.37. The minimum Gasteiger partial charge on any atom is -0.493 e. The Morgan fingerprint density at radius 3 is 2.76 bits per heavy atom. The summed E-state index contributed by atoms with van der Waals surface area (Å²) in [5.41, 5.74) is 0.500. The first kappa shape index (κ1) is 17.6. The maximum absolute atomic E-state index is 12.5. The van der Waals surface area contributed by atoms with Crippen LogP contribution in [0.5, 0.6) is 11.5 Å². The molecule has 1 aromatic carbocycles. The molecule has 3 rings (SSSR count). The number of rotatable bonds is 5. The van der Waals surface area contributed by atoms with E-state index in [1.165, 1.54) is 26.4 Å². The van der Waals surface area contributed by atoms with Crippen molar-refractivity contribution >= 4 is 5.91 Å². The van der Waals surface area contributed by atoms with Crippen molar-refractivity contribution in [2.75, 3.05) is 39.9 Å². The zero-order valence-electron chi connectivity index (χ0n) is 14.7. The molecule has 0 aromatic heterocycles. The predicted octanol–water partition coefficient (Wildman–Crippen LogP) is 2.03. The van der Waals surface area contributed by atoms with Gasteiger partial charge in [-0.1, -0.05) is 0 Å². The van der Waals surface area contributed by atoms with Gasteiger partial charge in [-0.15, -0.1) is 0 Å². The Hall–Kier alpha value is -2.26. The largest absolute Gasteiger partial charge is 0.493 e. The van der Waals surface area contributed by atoms with Crippen LogP contribution in [0.3, 0.4) is 0 Å². The fourth-order valence-corrected chi connectivity index (χ4v) is 3.67. The summed E-state index contributed by atoms with van der Waals surface area (Å²) in [6.45, 7) is 3.91. The van der Waals surface area contributed by atoms with Crippen LogP contribution >= 0.6 is 0 Å². The summed E-state index contributed by atoms with van der Waals surface area (Å²) >= 11 is 0. The zero-order chi connectivity index (χ0) is 17.6. The molecule has 0 N–H and O–H groups in total. The topological polar surface area (TPSA) is 65.8 Å². The molecule has 6 heteroatoms. The van der Waals surface area contributed by atoms with Crippen LogP contribution in [0, 0.1) is 11.3 Å². The molecule has 25 heavy (non-hydrogen) atoms. The van der Waals surface area contributed by atoms with Crippen LogP contribution in [0.25, 0.3) is 0 Å². The van der Waals surface area contributed by atoms with Crippen LogP contribution in [0.15, 0.2) is 18.2 Å². The molecule has 1 aromatic rings. The molecule has 0 aliphatic carbocycles. The Bertz CT molecular complexity index is 650. The third kappa shape index (κ3) is 4.23. The van der Waals surface area contributed by atoms with Gasteiger partial charge in [-0.3, -0.25) is 9.69 Å². The average Bonchev–Trinajstić information content (AvgIpc) is 3.21. The summed E-state index contributed by atoms with van der Waals surface area (Å²) in [5.74, 6) is 0.971. The number of amides is 1. The highest BCUT2D eigenvalue weighted by Gasteiger charge is 2.29. The van der Waals surface area contributed by atoms with Gasteiger partial charge in [-0.2, -0.15) is 5.26 Å². The number of benzene rings is 1. The van der Waals surface area contributed by atoms with E-state index in [1.54, 1.807) is 18.2 Å². The molecule has 2 saturated heterocycles. The van der Waals surface area contributed by atoms with Gasteiger partial charge in [0.25, 0.3) is 5.91 Å². The first-order valence-electron chi connectivity index (χ1n) is 8.94. The van der Waals surface area contributed by atoms with Crippen LogP contribution in [0.1, 0.15) is 31.2 Å². The molecule has 6 nitrogen and oxygen atoms in total. The molecule has 2 fully saturated rings. The Morgan fingerprint density at radius 1 is 1.24 bits per heavy atom. The third-order valence-corrected chi connectivity index (χ3v) is 5.05. The van der Waals surface area contributed by atoms with Crippen molar-refractivity contribution in [1.82, 2.24) is 9.80 Å². The number of hydrogen-bond acceptors (Lipinski definition) is 5. The van der Waals surface area contributed by atoms with Crippen molar-refractivity contribution in [3.05, 3.63) is 23.8 Å². The molecule has 0 bridgehead atoms. The molecule has 0 saturated carbocycles. The number of carbonyl (C=O) groups excluding carboxylic acids is 1. The van der Waals surface area contributed by atoms with Crippen molar-refractivity contribution in [2.24, 2.45) is 0 Å². The second kappa shape index (κ2) is 8.21. The number of ether oxygens (including phenoxy) is 2. The lowest BCUT2D eigenvalue weighted by molar-refractivity contribution is -0.135. The standard InChI is InChI=1S/C19H25N3O3/c1-24-18-11-15(12-20)6-7-17(18)25-14-19(23)22-10-4-5-16(13-22)21-8-2-3-9-21/h6-7,11,16H,2-5,8-10,13-14H2,1H3/t16-/m0/s1. The second-order valence-electron chi connectivity index (χ2n) is 6.64. The van der Waals surface area contributed by atoms with Gasteiger partial charge in [0, 0.05) is 25.2 Å². The fourth-order valence-electron chi connectivity index (χ4n) is 3.67. The summed E-state index contributed by atoms with van der Waals surface area (Å²) in [7, 11) is 1.52. The van der Waals surface area contributed by atoms with Gasteiger partial charge < -0.3 is 14.4 Å². The lowest BCUT2D eigenvalue weighted by atomic mass is 10.0. The Morgan fingerprint density at radius 2 is 2.04 bits per heavy atom. The molecule has 2 aliphatic rings. The van der Waals surface area contributed by atoms with Crippen molar-refractivity contribution in [3.8, 4) is 17.6 Å². The normalized spacial score (nSPS) is 21.0. The first-order valence-corrected chi connectivity index (χ1v) is 8.94.